The van der Waals surface area contributed by atoms with E-state index in [9.17, 15) is 9.59 Å². The van der Waals surface area contributed by atoms with Gasteiger partial charge in [-0.15, -0.1) is 0 Å². The van der Waals surface area contributed by atoms with Crippen LogP contribution >= 0.6 is 0 Å². The van der Waals surface area contributed by atoms with Crippen LogP contribution in [0.2, 0.25) is 0 Å². The van der Waals surface area contributed by atoms with Crippen LogP contribution in [0.1, 0.15) is 36.8 Å². The highest BCUT2D eigenvalue weighted by atomic mass is 16.4. The summed E-state index contributed by atoms with van der Waals surface area (Å²) >= 11 is 0. The minimum absolute atomic E-state index is 0.188. The highest BCUT2D eigenvalue weighted by Gasteiger charge is 2.30. The summed E-state index contributed by atoms with van der Waals surface area (Å²) in [5.74, 6) is -1.41. The number of allylic oxidation sites excluding steroid dienone is 1. The van der Waals surface area contributed by atoms with Crippen molar-refractivity contribution in [3.05, 3.63) is 47.5 Å². The van der Waals surface area contributed by atoms with Gasteiger partial charge in [0.05, 0.1) is 5.92 Å². The molecule has 1 aliphatic rings. The van der Waals surface area contributed by atoms with Gasteiger partial charge in [-0.05, 0) is 37.3 Å². The molecule has 0 heterocycles. The van der Waals surface area contributed by atoms with Gasteiger partial charge in [0.1, 0.15) is 6.04 Å². The van der Waals surface area contributed by atoms with Gasteiger partial charge in [0.15, 0.2) is 0 Å². The number of amides is 1. The predicted octanol–water partition coefficient (Wildman–Crippen LogP) is 2.25. The van der Waals surface area contributed by atoms with Crippen LogP contribution in [-0.2, 0) is 16.0 Å². The van der Waals surface area contributed by atoms with Crippen LogP contribution in [-0.4, -0.2) is 23.0 Å². The van der Waals surface area contributed by atoms with Crippen molar-refractivity contribution in [3.8, 4) is 0 Å². The molecule has 0 radical (unpaired) electrons. The van der Waals surface area contributed by atoms with Gasteiger partial charge in [0.25, 0.3) is 0 Å². The molecule has 1 amide bonds. The molecule has 0 spiro atoms. The summed E-state index contributed by atoms with van der Waals surface area (Å²) in [7, 11) is 0. The number of aliphatic carboxylic acids is 1. The van der Waals surface area contributed by atoms with E-state index in [-0.39, 0.29) is 11.8 Å². The second-order valence-corrected chi connectivity index (χ2v) is 4.99. The molecular weight excluding hydrogens is 254 g/mol. The number of carboxylic acid groups (broad SMARTS) is 1. The summed E-state index contributed by atoms with van der Waals surface area (Å²) < 4.78 is 0. The van der Waals surface area contributed by atoms with E-state index in [1.807, 2.05) is 31.2 Å². The third-order valence-corrected chi connectivity index (χ3v) is 3.67. The van der Waals surface area contributed by atoms with Gasteiger partial charge in [-0.2, -0.15) is 0 Å². The molecule has 2 N–H and O–H groups in total. The molecule has 4 heteroatoms. The maximum atomic E-state index is 12.3. The topological polar surface area (TPSA) is 66.4 Å². The summed E-state index contributed by atoms with van der Waals surface area (Å²) in [5, 5.41) is 11.8. The zero-order valence-electron chi connectivity index (χ0n) is 11.5. The summed E-state index contributed by atoms with van der Waals surface area (Å²) in [6.45, 7) is 1.83. The Labute approximate surface area is 118 Å². The molecule has 0 aliphatic heterocycles. The van der Waals surface area contributed by atoms with Crippen LogP contribution in [0.25, 0.3) is 0 Å². The average molecular weight is 273 g/mol. The fraction of sp³-hybridized carbons (Fsp3) is 0.375. The highest BCUT2D eigenvalue weighted by molar-refractivity contribution is 5.89. The Bertz CT molecular complexity index is 536. The smallest absolute Gasteiger partial charge is 0.326 e. The zero-order chi connectivity index (χ0) is 14.5. The lowest BCUT2D eigenvalue weighted by Crippen LogP contribution is -2.42. The first-order chi connectivity index (χ1) is 9.63. The molecule has 1 aromatic rings. The van der Waals surface area contributed by atoms with E-state index < -0.39 is 12.0 Å². The Morgan fingerprint density at radius 2 is 2.20 bits per heavy atom. The molecule has 2 unspecified atom stereocenters. The summed E-state index contributed by atoms with van der Waals surface area (Å²) in [4.78, 5) is 23.4. The van der Waals surface area contributed by atoms with E-state index in [4.69, 9.17) is 5.11 Å². The van der Waals surface area contributed by atoms with E-state index in [1.165, 1.54) is 5.56 Å². The number of rotatable bonds is 5. The number of carboxylic acids is 1. The van der Waals surface area contributed by atoms with Crippen molar-refractivity contribution in [2.45, 2.75) is 38.1 Å². The number of hydrogen-bond acceptors (Lipinski definition) is 2. The minimum atomic E-state index is -0.997. The first-order valence-corrected chi connectivity index (χ1v) is 6.85. The molecule has 2 rings (SSSR count). The van der Waals surface area contributed by atoms with Crippen molar-refractivity contribution >= 4 is 11.9 Å². The van der Waals surface area contributed by atoms with Crippen molar-refractivity contribution in [1.29, 1.82) is 0 Å². The maximum Gasteiger partial charge on any atom is 0.326 e. The van der Waals surface area contributed by atoms with Crippen molar-refractivity contribution in [2.75, 3.05) is 0 Å². The van der Waals surface area contributed by atoms with Crippen molar-refractivity contribution in [1.82, 2.24) is 5.32 Å². The Kier molecular flexibility index (Phi) is 4.56. The van der Waals surface area contributed by atoms with E-state index in [2.05, 4.69) is 5.32 Å². The fourth-order valence-electron chi connectivity index (χ4n) is 2.60. The lowest BCUT2D eigenvalue weighted by Gasteiger charge is -2.17. The summed E-state index contributed by atoms with van der Waals surface area (Å²) in [6, 6.07) is 7.00. The lowest BCUT2D eigenvalue weighted by molar-refractivity contribution is -0.141. The number of hydrogen-bond donors (Lipinski definition) is 2. The van der Waals surface area contributed by atoms with Crippen LogP contribution in [0.4, 0.5) is 0 Å². The van der Waals surface area contributed by atoms with Crippen LogP contribution in [0.5, 0.6) is 0 Å². The van der Waals surface area contributed by atoms with E-state index in [1.54, 1.807) is 12.2 Å². The molecule has 20 heavy (non-hydrogen) atoms. The van der Waals surface area contributed by atoms with Gasteiger partial charge in [-0.1, -0.05) is 36.4 Å². The first kappa shape index (κ1) is 14.3. The van der Waals surface area contributed by atoms with E-state index in [0.29, 0.717) is 6.42 Å². The van der Waals surface area contributed by atoms with E-state index >= 15 is 0 Å². The Morgan fingerprint density at radius 1 is 1.45 bits per heavy atom. The Morgan fingerprint density at radius 3 is 2.90 bits per heavy atom. The van der Waals surface area contributed by atoms with E-state index in [0.717, 1.165) is 18.4 Å². The monoisotopic (exact) mass is 273 g/mol. The third kappa shape index (κ3) is 3.07. The molecule has 0 saturated carbocycles. The van der Waals surface area contributed by atoms with Gasteiger partial charge in [-0.25, -0.2) is 4.79 Å². The average Bonchev–Trinajstić information content (AvgIpc) is 2.87. The molecular formula is C16H19NO3. The fourth-order valence-corrected chi connectivity index (χ4v) is 2.60. The normalized spacial score (nSPS) is 18.8. The Balaban J connectivity index is 2.07. The number of benzene rings is 1. The molecule has 1 aliphatic carbocycles. The number of carbonyl (C=O) groups excluding carboxylic acids is 1. The predicted molar refractivity (Wildman–Crippen MR) is 76.5 cm³/mol. The van der Waals surface area contributed by atoms with Crippen LogP contribution < -0.4 is 5.32 Å². The minimum Gasteiger partial charge on any atom is -0.480 e. The molecule has 0 fully saturated rings. The standard InChI is InChI=1S/C16H19NO3/c1-2-3-8-14(16(19)20)17-15(18)13-10-9-11-6-4-5-7-12(11)13/h2-7,13-14H,8-10H2,1H3,(H,17,18)(H,19,20)/b3-2+. The van der Waals surface area contributed by atoms with Crippen LogP contribution in [0.3, 0.4) is 0 Å². The van der Waals surface area contributed by atoms with Gasteiger partial charge >= 0.3 is 5.97 Å². The van der Waals surface area contributed by atoms with Gasteiger partial charge in [0, 0.05) is 0 Å². The molecule has 0 aromatic heterocycles. The number of carbonyl (C=O) groups is 2. The summed E-state index contributed by atoms with van der Waals surface area (Å²) in [5.41, 5.74) is 2.22. The molecule has 0 saturated heterocycles. The Hall–Kier alpha value is -2.10. The van der Waals surface area contributed by atoms with Crippen LogP contribution in [0.15, 0.2) is 36.4 Å². The number of nitrogens with one attached hydrogen (secondary N) is 1. The van der Waals surface area contributed by atoms with Crippen LogP contribution in [0, 0.1) is 0 Å². The second-order valence-electron chi connectivity index (χ2n) is 4.99. The molecule has 0 bridgehead atoms. The highest BCUT2D eigenvalue weighted by Crippen LogP contribution is 2.32. The summed E-state index contributed by atoms with van der Waals surface area (Å²) in [6.07, 6.45) is 5.47. The van der Waals surface area contributed by atoms with Crippen molar-refractivity contribution in [2.24, 2.45) is 0 Å². The maximum absolute atomic E-state index is 12.3. The SMILES string of the molecule is C/C=C/CC(NC(=O)C1CCc2ccccc21)C(=O)O. The van der Waals surface area contributed by atoms with Crippen molar-refractivity contribution < 1.29 is 14.7 Å². The number of fused-ring (bicyclic) bond motifs is 1. The largest absolute Gasteiger partial charge is 0.480 e. The quantitative estimate of drug-likeness (QED) is 0.809. The molecule has 106 valence electrons. The lowest BCUT2D eigenvalue weighted by atomic mass is 10.00. The molecule has 1 aromatic carbocycles. The van der Waals surface area contributed by atoms with Gasteiger partial charge < -0.3 is 10.4 Å². The zero-order valence-corrected chi connectivity index (χ0v) is 11.5. The number of aryl methyl sites for hydroxylation is 1. The molecule has 2 atom stereocenters. The first-order valence-electron chi connectivity index (χ1n) is 6.85. The van der Waals surface area contributed by atoms with Crippen molar-refractivity contribution in [3.63, 3.8) is 0 Å². The third-order valence-electron chi connectivity index (χ3n) is 3.67. The molecule has 4 nitrogen and oxygen atoms in total. The van der Waals surface area contributed by atoms with Gasteiger partial charge in [0.2, 0.25) is 5.91 Å². The van der Waals surface area contributed by atoms with Gasteiger partial charge in [-0.3, -0.25) is 4.79 Å². The second kappa shape index (κ2) is 6.37.